The number of anilines is 1. The van der Waals surface area contributed by atoms with Crippen molar-refractivity contribution < 1.29 is 13.6 Å². The number of benzene rings is 1. The van der Waals surface area contributed by atoms with Crippen molar-refractivity contribution in [1.29, 1.82) is 0 Å². The van der Waals surface area contributed by atoms with E-state index in [4.69, 9.17) is 0 Å². The molecule has 0 aliphatic rings. The summed E-state index contributed by atoms with van der Waals surface area (Å²) in [5.41, 5.74) is 0.878. The van der Waals surface area contributed by atoms with Crippen LogP contribution in [0.4, 0.5) is 19.3 Å². The molecule has 104 valence electrons. The second-order valence-corrected chi connectivity index (χ2v) is 4.06. The van der Waals surface area contributed by atoms with Crippen molar-refractivity contribution in [3.05, 3.63) is 53.6 Å². The van der Waals surface area contributed by atoms with E-state index in [1.54, 1.807) is 13.0 Å². The van der Waals surface area contributed by atoms with Gasteiger partial charge in [0.1, 0.15) is 23.6 Å². The Bertz CT molecular complexity index is 613. The minimum Gasteiger partial charge on any atom is -0.332 e. The maximum absolute atomic E-state index is 13.3. The zero-order valence-electron chi connectivity index (χ0n) is 10.7. The lowest BCUT2D eigenvalue weighted by Crippen LogP contribution is -2.29. The number of carbonyl (C=O) groups is 1. The second kappa shape index (κ2) is 6.05. The van der Waals surface area contributed by atoms with Crippen LogP contribution in [0, 0.1) is 18.6 Å². The van der Waals surface area contributed by atoms with Gasteiger partial charge in [-0.3, -0.25) is 0 Å². The summed E-state index contributed by atoms with van der Waals surface area (Å²) in [5, 5.41) is 4.58. The number of aryl methyl sites for hydroxylation is 1. The van der Waals surface area contributed by atoms with Crippen molar-refractivity contribution >= 4 is 11.7 Å². The minimum atomic E-state index is -0.835. The molecule has 1 heterocycles. The minimum absolute atomic E-state index is 0.130. The molecule has 0 radical (unpaired) electrons. The summed E-state index contributed by atoms with van der Waals surface area (Å²) in [7, 11) is 0. The highest BCUT2D eigenvalue weighted by Gasteiger charge is 2.11. The molecular weight excluding hydrogens is 266 g/mol. The van der Waals surface area contributed by atoms with E-state index in [0.717, 1.165) is 17.8 Å². The molecule has 1 aromatic carbocycles. The van der Waals surface area contributed by atoms with Gasteiger partial charge in [-0.1, -0.05) is 6.07 Å². The molecule has 2 N–H and O–H groups in total. The quantitative estimate of drug-likeness (QED) is 0.905. The predicted octanol–water partition coefficient (Wildman–Crippen LogP) is 2.38. The molecule has 0 saturated carbocycles. The normalized spacial score (nSPS) is 10.2. The SMILES string of the molecule is Cc1cc(CNC(=O)Nc2c(F)cccc2F)ncn1. The molecule has 2 rings (SSSR count). The monoisotopic (exact) mass is 278 g/mol. The highest BCUT2D eigenvalue weighted by Crippen LogP contribution is 2.17. The van der Waals surface area contributed by atoms with Crippen molar-refractivity contribution in [1.82, 2.24) is 15.3 Å². The van der Waals surface area contributed by atoms with E-state index < -0.39 is 23.4 Å². The van der Waals surface area contributed by atoms with Gasteiger partial charge in [-0.2, -0.15) is 0 Å². The number of carbonyl (C=O) groups excluding carboxylic acids is 1. The van der Waals surface area contributed by atoms with E-state index in [0.29, 0.717) is 5.69 Å². The summed E-state index contributed by atoms with van der Waals surface area (Å²) >= 11 is 0. The van der Waals surface area contributed by atoms with Gasteiger partial charge in [0, 0.05) is 5.69 Å². The first-order chi connectivity index (χ1) is 9.56. The molecule has 0 saturated heterocycles. The molecule has 1 aromatic heterocycles. The van der Waals surface area contributed by atoms with Crippen LogP contribution in [-0.4, -0.2) is 16.0 Å². The third-order valence-corrected chi connectivity index (χ3v) is 2.49. The molecule has 2 aromatic rings. The topological polar surface area (TPSA) is 66.9 Å². The summed E-state index contributed by atoms with van der Waals surface area (Å²) in [4.78, 5) is 19.4. The smallest absolute Gasteiger partial charge is 0.319 e. The lowest BCUT2D eigenvalue weighted by atomic mass is 10.3. The molecule has 0 fully saturated rings. The second-order valence-electron chi connectivity index (χ2n) is 4.06. The Kier molecular flexibility index (Phi) is 4.19. The van der Waals surface area contributed by atoms with Crippen molar-refractivity contribution in [2.45, 2.75) is 13.5 Å². The van der Waals surface area contributed by atoms with Crippen molar-refractivity contribution in [3.8, 4) is 0 Å². The molecule has 0 aliphatic heterocycles. The lowest BCUT2D eigenvalue weighted by Gasteiger charge is -2.09. The average Bonchev–Trinajstić information content (AvgIpc) is 2.41. The largest absolute Gasteiger partial charge is 0.332 e. The zero-order chi connectivity index (χ0) is 14.5. The molecule has 0 spiro atoms. The summed E-state index contributed by atoms with van der Waals surface area (Å²) < 4.78 is 26.6. The average molecular weight is 278 g/mol. The van der Waals surface area contributed by atoms with E-state index in [1.165, 1.54) is 12.4 Å². The molecule has 0 aliphatic carbocycles. The summed E-state index contributed by atoms with van der Waals surface area (Å²) in [6, 6.07) is 4.32. The number of hydrogen-bond donors (Lipinski definition) is 2. The van der Waals surface area contributed by atoms with Crippen LogP contribution in [0.5, 0.6) is 0 Å². The fourth-order valence-corrected chi connectivity index (χ4v) is 1.55. The van der Waals surface area contributed by atoms with Gasteiger partial charge in [-0.15, -0.1) is 0 Å². The number of nitrogens with zero attached hydrogens (tertiary/aromatic N) is 2. The first-order valence-electron chi connectivity index (χ1n) is 5.82. The van der Waals surface area contributed by atoms with Crippen molar-refractivity contribution in [2.75, 3.05) is 5.32 Å². The van der Waals surface area contributed by atoms with E-state index in [1.807, 2.05) is 0 Å². The fraction of sp³-hybridized carbons (Fsp3) is 0.154. The highest BCUT2D eigenvalue weighted by molar-refractivity contribution is 5.89. The Hall–Kier alpha value is -2.57. The maximum atomic E-state index is 13.3. The number of hydrogen-bond acceptors (Lipinski definition) is 3. The Morgan fingerprint density at radius 3 is 2.60 bits per heavy atom. The van der Waals surface area contributed by atoms with Gasteiger partial charge in [0.15, 0.2) is 0 Å². The third kappa shape index (κ3) is 3.47. The van der Waals surface area contributed by atoms with Gasteiger partial charge in [0.2, 0.25) is 0 Å². The van der Waals surface area contributed by atoms with Gasteiger partial charge < -0.3 is 10.6 Å². The van der Waals surface area contributed by atoms with Gasteiger partial charge in [-0.05, 0) is 25.1 Å². The van der Waals surface area contributed by atoms with Crippen LogP contribution >= 0.6 is 0 Å². The van der Waals surface area contributed by atoms with Crippen LogP contribution in [0.3, 0.4) is 0 Å². The first-order valence-corrected chi connectivity index (χ1v) is 5.82. The van der Waals surface area contributed by atoms with Gasteiger partial charge in [0.05, 0.1) is 12.2 Å². The zero-order valence-corrected chi connectivity index (χ0v) is 10.7. The molecule has 20 heavy (non-hydrogen) atoms. The molecule has 7 heteroatoms. The van der Waals surface area contributed by atoms with Gasteiger partial charge >= 0.3 is 6.03 Å². The van der Waals surface area contributed by atoms with Crippen LogP contribution in [0.15, 0.2) is 30.6 Å². The van der Waals surface area contributed by atoms with Crippen molar-refractivity contribution in [3.63, 3.8) is 0 Å². The highest BCUT2D eigenvalue weighted by atomic mass is 19.1. The van der Waals surface area contributed by atoms with Crippen LogP contribution < -0.4 is 10.6 Å². The molecule has 2 amide bonds. The van der Waals surface area contributed by atoms with Crippen LogP contribution in [0.1, 0.15) is 11.4 Å². The summed E-state index contributed by atoms with van der Waals surface area (Å²) in [5.74, 6) is -1.67. The molecule has 5 nitrogen and oxygen atoms in total. The summed E-state index contributed by atoms with van der Waals surface area (Å²) in [6.07, 6.45) is 1.38. The molecule has 0 bridgehead atoms. The number of halogens is 2. The standard InChI is InChI=1S/C13H12F2N4O/c1-8-5-9(18-7-17-8)6-16-13(20)19-12-10(14)3-2-4-11(12)15/h2-5,7H,6H2,1H3,(H2,16,19,20). The van der Waals surface area contributed by atoms with E-state index in [-0.39, 0.29) is 6.54 Å². The Balaban J connectivity index is 1.96. The van der Waals surface area contributed by atoms with E-state index >= 15 is 0 Å². The number of urea groups is 1. The molecule has 0 atom stereocenters. The van der Waals surface area contributed by atoms with Crippen LogP contribution in [0.25, 0.3) is 0 Å². The van der Waals surface area contributed by atoms with Gasteiger partial charge in [0.25, 0.3) is 0 Å². The maximum Gasteiger partial charge on any atom is 0.319 e. The fourth-order valence-electron chi connectivity index (χ4n) is 1.55. The lowest BCUT2D eigenvalue weighted by molar-refractivity contribution is 0.251. The third-order valence-electron chi connectivity index (χ3n) is 2.49. The number of para-hydroxylation sites is 1. The number of aromatic nitrogens is 2. The Morgan fingerprint density at radius 1 is 1.25 bits per heavy atom. The van der Waals surface area contributed by atoms with Gasteiger partial charge in [-0.25, -0.2) is 23.5 Å². The number of rotatable bonds is 3. The van der Waals surface area contributed by atoms with Crippen LogP contribution in [-0.2, 0) is 6.54 Å². The number of amides is 2. The van der Waals surface area contributed by atoms with Crippen LogP contribution in [0.2, 0.25) is 0 Å². The predicted molar refractivity (Wildman–Crippen MR) is 69.0 cm³/mol. The molecular formula is C13H12F2N4O. The Morgan fingerprint density at radius 2 is 1.95 bits per heavy atom. The first kappa shape index (κ1) is 13.9. The number of nitrogens with one attached hydrogen (secondary N) is 2. The molecule has 0 unspecified atom stereocenters. The summed E-state index contributed by atoms with van der Waals surface area (Å²) in [6.45, 7) is 1.92. The Labute approximate surface area is 114 Å². The van der Waals surface area contributed by atoms with Crippen molar-refractivity contribution in [2.24, 2.45) is 0 Å². The van der Waals surface area contributed by atoms with E-state index in [9.17, 15) is 13.6 Å². The van der Waals surface area contributed by atoms with E-state index in [2.05, 4.69) is 20.6 Å².